The lowest BCUT2D eigenvalue weighted by Gasteiger charge is -2.24. The van der Waals surface area contributed by atoms with Crippen LogP contribution in [0.1, 0.15) is 11.1 Å². The zero-order valence-electron chi connectivity index (χ0n) is 14.8. The van der Waals surface area contributed by atoms with Crippen molar-refractivity contribution in [1.29, 1.82) is 0 Å². The molecule has 8 heteroatoms. The third kappa shape index (κ3) is 3.72. The standard InChI is InChI=1S/C19H18N2O4S2/c1-15-3-7-18(8-4-15)26(22,23)21(17-11-13-20-14-12-17)27(24,25)19-9-5-16(2)6-10-19/h3-14H,1-2H3. The van der Waals surface area contributed by atoms with E-state index >= 15 is 0 Å². The van der Waals surface area contributed by atoms with Crippen LogP contribution in [0.4, 0.5) is 5.69 Å². The van der Waals surface area contributed by atoms with Crippen LogP contribution in [-0.2, 0) is 20.0 Å². The molecule has 0 saturated heterocycles. The molecule has 0 aliphatic heterocycles. The lowest BCUT2D eigenvalue weighted by molar-refractivity contribution is 0.584. The molecule has 140 valence electrons. The van der Waals surface area contributed by atoms with E-state index in [0.717, 1.165) is 11.1 Å². The van der Waals surface area contributed by atoms with Crippen LogP contribution < -0.4 is 3.71 Å². The molecule has 0 atom stereocenters. The number of pyridine rings is 1. The van der Waals surface area contributed by atoms with Gasteiger partial charge in [0.15, 0.2) is 0 Å². The van der Waals surface area contributed by atoms with Gasteiger partial charge in [0.2, 0.25) is 0 Å². The monoisotopic (exact) mass is 402 g/mol. The normalized spacial score (nSPS) is 11.9. The van der Waals surface area contributed by atoms with E-state index in [0.29, 0.717) is 3.71 Å². The molecule has 27 heavy (non-hydrogen) atoms. The van der Waals surface area contributed by atoms with Crippen molar-refractivity contribution in [2.45, 2.75) is 23.6 Å². The van der Waals surface area contributed by atoms with Crippen LogP contribution in [0, 0.1) is 13.8 Å². The lowest BCUT2D eigenvalue weighted by atomic mass is 10.2. The first-order valence-electron chi connectivity index (χ1n) is 8.07. The van der Waals surface area contributed by atoms with E-state index < -0.39 is 20.0 Å². The molecule has 3 aromatic rings. The Bertz CT molecular complexity index is 1070. The van der Waals surface area contributed by atoms with Crippen LogP contribution in [0.15, 0.2) is 82.8 Å². The van der Waals surface area contributed by atoms with Gasteiger partial charge in [-0.1, -0.05) is 35.4 Å². The van der Waals surface area contributed by atoms with E-state index in [1.807, 2.05) is 13.8 Å². The first-order valence-corrected chi connectivity index (χ1v) is 10.9. The van der Waals surface area contributed by atoms with Gasteiger partial charge in [0.05, 0.1) is 15.5 Å². The molecule has 0 unspecified atom stereocenters. The van der Waals surface area contributed by atoms with Gasteiger partial charge in [-0.2, -0.15) is 3.71 Å². The predicted molar refractivity (Wildman–Crippen MR) is 103 cm³/mol. The number of nitrogens with zero attached hydrogens (tertiary/aromatic N) is 2. The molecular formula is C19H18N2O4S2. The minimum Gasteiger partial charge on any atom is -0.265 e. The molecule has 0 bridgehead atoms. The molecule has 0 saturated carbocycles. The molecule has 6 nitrogen and oxygen atoms in total. The molecule has 0 radical (unpaired) electrons. The molecule has 0 aliphatic carbocycles. The van der Waals surface area contributed by atoms with Crippen LogP contribution in [0.5, 0.6) is 0 Å². The Balaban J connectivity index is 2.24. The maximum absolute atomic E-state index is 13.3. The third-order valence-corrected chi connectivity index (χ3v) is 8.16. The summed E-state index contributed by atoms with van der Waals surface area (Å²) in [7, 11) is -8.74. The average molecular weight is 402 g/mol. The molecular weight excluding hydrogens is 384 g/mol. The first-order chi connectivity index (χ1) is 12.7. The highest BCUT2D eigenvalue weighted by atomic mass is 32.3. The molecule has 1 heterocycles. The van der Waals surface area contributed by atoms with Crippen molar-refractivity contribution < 1.29 is 16.8 Å². The summed E-state index contributed by atoms with van der Waals surface area (Å²) in [5, 5.41) is 0. The number of anilines is 1. The highest BCUT2D eigenvalue weighted by Crippen LogP contribution is 2.30. The second-order valence-corrected chi connectivity index (χ2v) is 9.84. The minimum atomic E-state index is -4.37. The predicted octanol–water partition coefficient (Wildman–Crippen LogP) is 3.28. The molecule has 0 amide bonds. The van der Waals surface area contributed by atoms with E-state index in [9.17, 15) is 16.8 Å². The number of aryl methyl sites for hydroxylation is 2. The van der Waals surface area contributed by atoms with E-state index in [4.69, 9.17) is 0 Å². The molecule has 1 aromatic heterocycles. The summed E-state index contributed by atoms with van der Waals surface area (Å²) in [6.07, 6.45) is 2.69. The molecule has 0 fully saturated rings. The number of hydrogen-bond donors (Lipinski definition) is 0. The fourth-order valence-corrected chi connectivity index (χ4v) is 6.18. The molecule has 0 spiro atoms. The molecule has 0 aliphatic rings. The van der Waals surface area contributed by atoms with E-state index in [1.54, 1.807) is 24.3 Å². The lowest BCUT2D eigenvalue weighted by Crippen LogP contribution is -2.37. The fourth-order valence-electron chi connectivity index (χ4n) is 2.48. The topological polar surface area (TPSA) is 84.4 Å². The van der Waals surface area contributed by atoms with E-state index in [-0.39, 0.29) is 15.5 Å². The summed E-state index contributed by atoms with van der Waals surface area (Å²) in [5.41, 5.74) is 1.72. The maximum Gasteiger partial charge on any atom is 0.277 e. The van der Waals surface area contributed by atoms with Gasteiger partial charge in [-0.15, -0.1) is 0 Å². The van der Waals surface area contributed by atoms with Crippen LogP contribution in [0.3, 0.4) is 0 Å². The first kappa shape index (κ1) is 19.1. The Hall–Kier alpha value is -2.71. The second kappa shape index (κ2) is 7.13. The van der Waals surface area contributed by atoms with E-state index in [2.05, 4.69) is 4.98 Å². The highest BCUT2D eigenvalue weighted by Gasteiger charge is 2.36. The number of hydrogen-bond acceptors (Lipinski definition) is 5. The number of benzene rings is 2. The van der Waals surface area contributed by atoms with Crippen molar-refractivity contribution in [3.05, 3.63) is 84.2 Å². The van der Waals surface area contributed by atoms with Crippen LogP contribution in [0.2, 0.25) is 0 Å². The van der Waals surface area contributed by atoms with Gasteiger partial charge in [0, 0.05) is 12.4 Å². The Kier molecular flexibility index (Phi) is 5.03. The highest BCUT2D eigenvalue weighted by molar-refractivity contribution is 8.10. The fraction of sp³-hybridized carbons (Fsp3) is 0.105. The van der Waals surface area contributed by atoms with Crippen molar-refractivity contribution in [2.24, 2.45) is 0 Å². The zero-order chi connectivity index (χ0) is 19.7. The number of sulfonamides is 2. The van der Waals surface area contributed by atoms with Gasteiger partial charge in [0.25, 0.3) is 20.0 Å². The summed E-state index contributed by atoms with van der Waals surface area (Å²) in [6, 6.07) is 14.7. The summed E-state index contributed by atoms with van der Waals surface area (Å²) >= 11 is 0. The Morgan fingerprint density at radius 1 is 0.630 bits per heavy atom. The minimum absolute atomic E-state index is 0.00819. The van der Waals surface area contributed by atoms with Gasteiger partial charge in [-0.25, -0.2) is 16.8 Å². The summed E-state index contributed by atoms with van der Waals surface area (Å²) < 4.78 is 53.5. The van der Waals surface area contributed by atoms with Crippen molar-refractivity contribution in [2.75, 3.05) is 3.71 Å². The Morgan fingerprint density at radius 3 is 1.37 bits per heavy atom. The molecule has 3 rings (SSSR count). The van der Waals surface area contributed by atoms with Crippen molar-refractivity contribution in [3.63, 3.8) is 0 Å². The summed E-state index contributed by atoms with van der Waals surface area (Å²) in [4.78, 5) is 3.62. The van der Waals surface area contributed by atoms with Gasteiger partial charge < -0.3 is 0 Å². The molecule has 2 aromatic carbocycles. The third-order valence-electron chi connectivity index (χ3n) is 3.95. The Morgan fingerprint density at radius 2 is 1.00 bits per heavy atom. The van der Waals surface area contributed by atoms with Crippen LogP contribution >= 0.6 is 0 Å². The quantitative estimate of drug-likeness (QED) is 0.654. The largest absolute Gasteiger partial charge is 0.277 e. The summed E-state index contributed by atoms with van der Waals surface area (Å²) in [6.45, 7) is 3.64. The van der Waals surface area contributed by atoms with Crippen LogP contribution in [-0.4, -0.2) is 21.8 Å². The number of rotatable bonds is 5. The number of aromatic nitrogens is 1. The summed E-state index contributed by atoms with van der Waals surface area (Å²) in [5.74, 6) is 0. The van der Waals surface area contributed by atoms with Gasteiger partial charge in [-0.3, -0.25) is 4.98 Å². The smallest absolute Gasteiger partial charge is 0.265 e. The Labute approximate surface area is 159 Å². The SMILES string of the molecule is Cc1ccc(S(=O)(=O)N(c2ccncc2)S(=O)(=O)c2ccc(C)cc2)cc1. The second-order valence-electron chi connectivity index (χ2n) is 6.04. The van der Waals surface area contributed by atoms with Crippen molar-refractivity contribution in [1.82, 2.24) is 4.98 Å². The van der Waals surface area contributed by atoms with Crippen molar-refractivity contribution >= 4 is 25.7 Å². The molecule has 0 N–H and O–H groups in total. The van der Waals surface area contributed by atoms with Crippen LogP contribution in [0.25, 0.3) is 0 Å². The average Bonchev–Trinajstić information content (AvgIpc) is 2.63. The zero-order valence-corrected chi connectivity index (χ0v) is 16.4. The van der Waals surface area contributed by atoms with E-state index in [1.165, 1.54) is 48.8 Å². The van der Waals surface area contributed by atoms with Gasteiger partial charge in [-0.05, 0) is 50.2 Å². The maximum atomic E-state index is 13.3. The van der Waals surface area contributed by atoms with Gasteiger partial charge >= 0.3 is 0 Å². The van der Waals surface area contributed by atoms with Crippen molar-refractivity contribution in [3.8, 4) is 0 Å². The van der Waals surface area contributed by atoms with Gasteiger partial charge in [0.1, 0.15) is 0 Å².